The zero-order chi connectivity index (χ0) is 24.4. The smallest absolute Gasteiger partial charge is 0.232 e. The summed E-state index contributed by atoms with van der Waals surface area (Å²) in [7, 11) is 2.10. The molecule has 186 valence electrons. The van der Waals surface area contributed by atoms with Crippen LogP contribution in [0.15, 0.2) is 36.7 Å². The van der Waals surface area contributed by atoms with E-state index in [0.717, 1.165) is 61.3 Å². The van der Waals surface area contributed by atoms with Crippen molar-refractivity contribution in [2.45, 2.75) is 63.8 Å². The van der Waals surface area contributed by atoms with Crippen LogP contribution in [0, 0.1) is 0 Å². The summed E-state index contributed by atoms with van der Waals surface area (Å²) >= 11 is 0. The van der Waals surface area contributed by atoms with Crippen molar-refractivity contribution in [2.24, 2.45) is 0 Å². The molecule has 35 heavy (non-hydrogen) atoms. The van der Waals surface area contributed by atoms with Gasteiger partial charge in [-0.25, -0.2) is 9.67 Å². The normalized spacial score (nSPS) is 18.5. The molecule has 0 unspecified atom stereocenters. The van der Waals surface area contributed by atoms with E-state index in [9.17, 15) is 4.79 Å². The van der Waals surface area contributed by atoms with Crippen molar-refractivity contribution in [1.82, 2.24) is 29.5 Å². The largest absolute Gasteiger partial charge is 0.339 e. The fourth-order valence-electron chi connectivity index (χ4n) is 5.29. The molecule has 8 heteroatoms. The lowest BCUT2D eigenvalue weighted by Crippen LogP contribution is -2.52. The van der Waals surface area contributed by atoms with Crippen LogP contribution in [0.1, 0.15) is 64.0 Å². The zero-order valence-electron chi connectivity index (χ0n) is 21.2. The first-order valence-corrected chi connectivity index (χ1v) is 13.0. The molecule has 0 atom stereocenters. The van der Waals surface area contributed by atoms with Crippen molar-refractivity contribution < 1.29 is 4.79 Å². The molecule has 1 aromatic carbocycles. The Kier molecular flexibility index (Phi) is 6.73. The van der Waals surface area contributed by atoms with E-state index < -0.39 is 5.41 Å². The molecule has 0 spiro atoms. The highest BCUT2D eigenvalue weighted by Crippen LogP contribution is 2.30. The molecule has 2 fully saturated rings. The van der Waals surface area contributed by atoms with Gasteiger partial charge >= 0.3 is 0 Å². The van der Waals surface area contributed by atoms with E-state index >= 15 is 0 Å². The third kappa shape index (κ3) is 5.03. The Morgan fingerprint density at radius 1 is 0.971 bits per heavy atom. The van der Waals surface area contributed by atoms with E-state index in [4.69, 9.17) is 4.98 Å². The van der Waals surface area contributed by atoms with Gasteiger partial charge in [0.1, 0.15) is 0 Å². The molecule has 1 saturated heterocycles. The number of fused-ring (bicyclic) bond motifs is 1. The number of likely N-dealkylation sites (N-methyl/N-ethyl adjacent to an activating group) is 1. The van der Waals surface area contributed by atoms with Gasteiger partial charge in [0, 0.05) is 38.1 Å². The van der Waals surface area contributed by atoms with Gasteiger partial charge in [0.2, 0.25) is 11.9 Å². The summed E-state index contributed by atoms with van der Waals surface area (Å²) < 4.78 is 2.10. The molecule has 1 N–H and O–H groups in total. The summed E-state index contributed by atoms with van der Waals surface area (Å²) in [6.45, 7) is 7.46. The van der Waals surface area contributed by atoms with E-state index in [-0.39, 0.29) is 5.91 Å². The third-order valence-corrected chi connectivity index (χ3v) is 7.69. The number of hydrogen-bond donors (Lipinski definition) is 1. The monoisotopic (exact) mass is 475 g/mol. The quantitative estimate of drug-likeness (QED) is 0.547. The number of carbonyl (C=O) groups excluding carboxylic acids is 1. The Labute approximate surface area is 207 Å². The second kappa shape index (κ2) is 9.93. The predicted octanol–water partition coefficient (Wildman–Crippen LogP) is 4.52. The van der Waals surface area contributed by atoms with Gasteiger partial charge in [-0.3, -0.25) is 4.79 Å². The topological polar surface area (TPSA) is 79.2 Å². The second-order valence-electron chi connectivity index (χ2n) is 10.6. The molecule has 1 aliphatic carbocycles. The Hall–Kier alpha value is -3.00. The first-order valence-electron chi connectivity index (χ1n) is 13.0. The summed E-state index contributed by atoms with van der Waals surface area (Å²) in [5.41, 5.74) is 2.23. The lowest BCUT2D eigenvalue weighted by atomic mass is 9.83. The average molecular weight is 476 g/mol. The van der Waals surface area contributed by atoms with Gasteiger partial charge in [-0.15, -0.1) is 0 Å². The number of piperazine rings is 1. The van der Waals surface area contributed by atoms with Gasteiger partial charge in [-0.2, -0.15) is 10.1 Å². The van der Waals surface area contributed by atoms with Crippen molar-refractivity contribution in [1.29, 1.82) is 0 Å². The maximum absolute atomic E-state index is 13.2. The second-order valence-corrected chi connectivity index (χ2v) is 10.6. The minimum Gasteiger partial charge on any atom is -0.339 e. The van der Waals surface area contributed by atoms with Crippen molar-refractivity contribution in [2.75, 3.05) is 38.5 Å². The number of anilines is 2. The Morgan fingerprint density at radius 3 is 2.34 bits per heavy atom. The first kappa shape index (κ1) is 23.7. The lowest BCUT2D eigenvalue weighted by Gasteiger charge is -2.37. The zero-order valence-corrected chi connectivity index (χ0v) is 21.2. The van der Waals surface area contributed by atoms with Crippen LogP contribution in [0.25, 0.3) is 11.0 Å². The van der Waals surface area contributed by atoms with Crippen LogP contribution in [0.4, 0.5) is 11.6 Å². The molecular formula is C27H37N7O. The molecule has 3 heterocycles. The molecular weight excluding hydrogens is 438 g/mol. The number of hydrogen-bond acceptors (Lipinski definition) is 6. The van der Waals surface area contributed by atoms with Crippen LogP contribution in [0.5, 0.6) is 0 Å². The minimum atomic E-state index is -0.574. The van der Waals surface area contributed by atoms with Gasteiger partial charge in [-0.1, -0.05) is 37.8 Å². The number of nitrogens with one attached hydrogen (secondary N) is 1. The van der Waals surface area contributed by atoms with Gasteiger partial charge in [-0.05, 0) is 51.4 Å². The van der Waals surface area contributed by atoms with Crippen LogP contribution in [-0.2, 0) is 10.2 Å². The van der Waals surface area contributed by atoms with Gasteiger partial charge in [0.25, 0.3) is 0 Å². The van der Waals surface area contributed by atoms with Crippen molar-refractivity contribution in [3.8, 4) is 0 Å². The van der Waals surface area contributed by atoms with Crippen LogP contribution >= 0.6 is 0 Å². The molecule has 3 aromatic rings. The molecule has 8 nitrogen and oxygen atoms in total. The fraction of sp³-hybridized carbons (Fsp3) is 0.556. The molecule has 0 radical (unpaired) electrons. The molecule has 0 bridgehead atoms. The van der Waals surface area contributed by atoms with Crippen molar-refractivity contribution in [3.05, 3.63) is 42.2 Å². The molecule has 5 rings (SSSR count). The van der Waals surface area contributed by atoms with Crippen molar-refractivity contribution >= 4 is 28.6 Å². The standard InChI is InChI=1S/C27H37N7O/c1-27(2,25(35)33-16-14-32(3)15-17-33)21-10-12-22(13-11-21)30-26-28-18-20-19-29-34(24(20)31-26)23-8-6-4-5-7-9-23/h10-13,18-19,23H,4-9,14-17H2,1-3H3,(H,28,30,31). The number of nitrogens with zero attached hydrogens (tertiary/aromatic N) is 6. The van der Waals surface area contributed by atoms with Crippen molar-refractivity contribution in [3.63, 3.8) is 0 Å². The Bertz CT molecular complexity index is 1150. The molecule has 1 amide bonds. The number of aromatic nitrogens is 4. The van der Waals surface area contributed by atoms with Crippen LogP contribution < -0.4 is 5.32 Å². The summed E-state index contributed by atoms with van der Waals surface area (Å²) in [6, 6.07) is 8.49. The van der Waals surface area contributed by atoms with Gasteiger partial charge in [0.05, 0.1) is 23.0 Å². The summed E-state index contributed by atoms with van der Waals surface area (Å²) in [6.07, 6.45) is 11.2. The molecule has 2 aromatic heterocycles. The van der Waals surface area contributed by atoms with E-state index in [1.807, 2.05) is 55.4 Å². The minimum absolute atomic E-state index is 0.187. The summed E-state index contributed by atoms with van der Waals surface area (Å²) in [4.78, 5) is 26.8. The van der Waals surface area contributed by atoms with E-state index in [1.54, 1.807) is 0 Å². The number of carbonyl (C=O) groups is 1. The van der Waals surface area contributed by atoms with Gasteiger partial charge in [0.15, 0.2) is 5.65 Å². The van der Waals surface area contributed by atoms with Crippen LogP contribution in [-0.4, -0.2) is 68.7 Å². The molecule has 1 aliphatic heterocycles. The lowest BCUT2D eigenvalue weighted by molar-refractivity contribution is -0.137. The highest BCUT2D eigenvalue weighted by Gasteiger charge is 2.34. The van der Waals surface area contributed by atoms with Crippen LogP contribution in [0.2, 0.25) is 0 Å². The number of amides is 1. The average Bonchev–Trinajstić information content (AvgIpc) is 3.09. The first-order chi connectivity index (χ1) is 16.9. The summed E-state index contributed by atoms with van der Waals surface area (Å²) in [5.74, 6) is 0.750. The maximum atomic E-state index is 13.2. The van der Waals surface area contributed by atoms with E-state index in [1.165, 1.54) is 25.7 Å². The third-order valence-electron chi connectivity index (χ3n) is 7.69. The van der Waals surface area contributed by atoms with Crippen LogP contribution in [0.3, 0.4) is 0 Å². The van der Waals surface area contributed by atoms with Gasteiger partial charge < -0.3 is 15.1 Å². The van der Waals surface area contributed by atoms with E-state index in [2.05, 4.69) is 32.0 Å². The Balaban J connectivity index is 1.30. The van der Waals surface area contributed by atoms with E-state index in [0.29, 0.717) is 12.0 Å². The molecule has 1 saturated carbocycles. The molecule has 2 aliphatic rings. The fourth-order valence-corrected chi connectivity index (χ4v) is 5.29. The Morgan fingerprint density at radius 2 is 1.66 bits per heavy atom. The number of benzene rings is 1. The SMILES string of the molecule is CN1CCN(C(=O)C(C)(C)c2ccc(Nc3ncc4cnn(C5CCCCCC5)c4n3)cc2)CC1. The highest BCUT2D eigenvalue weighted by atomic mass is 16.2. The number of rotatable bonds is 5. The summed E-state index contributed by atoms with van der Waals surface area (Å²) in [5, 5.41) is 8.97. The maximum Gasteiger partial charge on any atom is 0.232 e. The highest BCUT2D eigenvalue weighted by molar-refractivity contribution is 5.87. The predicted molar refractivity (Wildman–Crippen MR) is 139 cm³/mol.